The molecular formula is C18H21N3O4S. The summed E-state index contributed by atoms with van der Waals surface area (Å²) in [4.78, 5) is 19.7. The summed E-state index contributed by atoms with van der Waals surface area (Å²) < 4.78 is 24.1. The van der Waals surface area contributed by atoms with Crippen LogP contribution in [0.4, 0.5) is 11.5 Å². The Balaban J connectivity index is 1.78. The number of carboxylic acids is 1. The first-order chi connectivity index (χ1) is 12.4. The number of benzene rings is 1. The predicted octanol–water partition coefficient (Wildman–Crippen LogP) is 1.90. The van der Waals surface area contributed by atoms with Gasteiger partial charge in [-0.3, -0.25) is 0 Å². The Morgan fingerprint density at radius 2 is 1.73 bits per heavy atom. The quantitative estimate of drug-likeness (QED) is 0.873. The highest BCUT2D eigenvalue weighted by Gasteiger charge is 2.21. The maximum absolute atomic E-state index is 12.1. The zero-order valence-corrected chi connectivity index (χ0v) is 15.3. The standard InChI is InChI=1S/C18H21N3O4S/c1-26(24,25)16-6-3-2-5-15(16)20-9-4-10-21(12-11-20)17-8-7-14(13-19-17)18(22)23/h2-3,5-8,13H,4,9-12H2,1H3,(H,22,23). The first-order valence-electron chi connectivity index (χ1n) is 8.34. The van der Waals surface area contributed by atoms with Crippen LogP contribution in [0.2, 0.25) is 0 Å². The molecule has 138 valence electrons. The summed E-state index contributed by atoms with van der Waals surface area (Å²) in [6.45, 7) is 2.86. The third kappa shape index (κ3) is 3.96. The molecule has 0 bridgehead atoms. The van der Waals surface area contributed by atoms with Crippen molar-refractivity contribution in [3.8, 4) is 0 Å². The van der Waals surface area contributed by atoms with Crippen LogP contribution in [0.15, 0.2) is 47.5 Å². The molecule has 0 amide bonds. The van der Waals surface area contributed by atoms with E-state index in [0.29, 0.717) is 18.0 Å². The van der Waals surface area contributed by atoms with Crippen LogP contribution in [0.1, 0.15) is 16.8 Å². The number of aromatic nitrogens is 1. The van der Waals surface area contributed by atoms with Gasteiger partial charge in [0.25, 0.3) is 0 Å². The van der Waals surface area contributed by atoms with Crippen LogP contribution in [0.5, 0.6) is 0 Å². The van der Waals surface area contributed by atoms with E-state index in [-0.39, 0.29) is 5.56 Å². The Labute approximate surface area is 152 Å². The zero-order chi connectivity index (χ0) is 18.7. The normalized spacial score (nSPS) is 15.6. The molecule has 0 unspecified atom stereocenters. The highest BCUT2D eigenvalue weighted by Crippen LogP contribution is 2.26. The van der Waals surface area contributed by atoms with Crippen molar-refractivity contribution in [1.82, 2.24) is 4.98 Å². The number of sulfone groups is 1. The van der Waals surface area contributed by atoms with Crippen LogP contribution in [0.25, 0.3) is 0 Å². The van der Waals surface area contributed by atoms with E-state index in [1.54, 1.807) is 24.3 Å². The molecule has 1 saturated heterocycles. The second-order valence-corrected chi connectivity index (χ2v) is 8.26. The second kappa shape index (κ2) is 7.33. The van der Waals surface area contributed by atoms with Gasteiger partial charge in [0.15, 0.2) is 9.84 Å². The van der Waals surface area contributed by atoms with E-state index >= 15 is 0 Å². The van der Waals surface area contributed by atoms with Crippen LogP contribution < -0.4 is 9.80 Å². The van der Waals surface area contributed by atoms with Crippen molar-refractivity contribution in [2.24, 2.45) is 0 Å². The smallest absolute Gasteiger partial charge is 0.337 e. The Kier molecular flexibility index (Phi) is 5.13. The number of rotatable bonds is 4. The van der Waals surface area contributed by atoms with E-state index in [9.17, 15) is 13.2 Å². The zero-order valence-electron chi connectivity index (χ0n) is 14.5. The fourth-order valence-corrected chi connectivity index (χ4v) is 4.02. The third-order valence-electron chi connectivity index (χ3n) is 4.42. The molecule has 1 N–H and O–H groups in total. The monoisotopic (exact) mass is 375 g/mol. The average Bonchev–Trinajstić information content (AvgIpc) is 2.87. The van der Waals surface area contributed by atoms with E-state index in [1.807, 2.05) is 12.1 Å². The molecule has 8 heteroatoms. The molecule has 1 fully saturated rings. The van der Waals surface area contributed by atoms with Gasteiger partial charge in [-0.1, -0.05) is 12.1 Å². The summed E-state index contributed by atoms with van der Waals surface area (Å²) in [5.74, 6) is -0.267. The Bertz CT molecular complexity index is 897. The summed E-state index contributed by atoms with van der Waals surface area (Å²) >= 11 is 0. The molecule has 0 saturated carbocycles. The van der Waals surface area contributed by atoms with E-state index < -0.39 is 15.8 Å². The van der Waals surface area contributed by atoms with E-state index in [2.05, 4.69) is 14.8 Å². The van der Waals surface area contributed by atoms with Crippen LogP contribution in [0, 0.1) is 0 Å². The molecule has 1 aliphatic rings. The molecule has 26 heavy (non-hydrogen) atoms. The lowest BCUT2D eigenvalue weighted by atomic mass is 10.2. The Morgan fingerprint density at radius 3 is 2.38 bits per heavy atom. The SMILES string of the molecule is CS(=O)(=O)c1ccccc1N1CCCN(c2ccc(C(=O)O)cn2)CC1. The van der Waals surface area contributed by atoms with Crippen molar-refractivity contribution in [3.05, 3.63) is 48.2 Å². The molecule has 0 aliphatic carbocycles. The maximum atomic E-state index is 12.1. The molecule has 7 nitrogen and oxygen atoms in total. The largest absolute Gasteiger partial charge is 0.478 e. The predicted molar refractivity (Wildman–Crippen MR) is 99.8 cm³/mol. The van der Waals surface area contributed by atoms with E-state index in [1.165, 1.54) is 12.5 Å². The van der Waals surface area contributed by atoms with Crippen LogP contribution in [-0.2, 0) is 9.84 Å². The maximum Gasteiger partial charge on any atom is 0.337 e. The molecule has 1 aromatic heterocycles. The molecule has 2 heterocycles. The number of aromatic carboxylic acids is 1. The molecule has 1 aliphatic heterocycles. The number of hydrogen-bond donors (Lipinski definition) is 1. The van der Waals surface area contributed by atoms with Crippen molar-refractivity contribution in [2.45, 2.75) is 11.3 Å². The molecule has 0 radical (unpaired) electrons. The molecule has 3 rings (SSSR count). The first kappa shape index (κ1) is 18.2. The molecule has 0 spiro atoms. The summed E-state index contributed by atoms with van der Waals surface area (Å²) in [5, 5.41) is 8.97. The summed E-state index contributed by atoms with van der Waals surface area (Å²) in [6.07, 6.45) is 3.43. The average molecular weight is 375 g/mol. The number of pyridine rings is 1. The van der Waals surface area contributed by atoms with Crippen LogP contribution in [-0.4, -0.2) is 56.9 Å². The lowest BCUT2D eigenvalue weighted by molar-refractivity contribution is 0.0696. The number of para-hydroxylation sites is 1. The molecular weight excluding hydrogens is 354 g/mol. The van der Waals surface area contributed by atoms with Crippen LogP contribution >= 0.6 is 0 Å². The lowest BCUT2D eigenvalue weighted by Gasteiger charge is -2.25. The molecule has 0 atom stereocenters. The second-order valence-electron chi connectivity index (χ2n) is 6.28. The van der Waals surface area contributed by atoms with Gasteiger partial charge in [0.2, 0.25) is 0 Å². The Hall–Kier alpha value is -2.61. The number of anilines is 2. The highest BCUT2D eigenvalue weighted by molar-refractivity contribution is 7.90. The van der Waals surface area contributed by atoms with Gasteiger partial charge in [-0.15, -0.1) is 0 Å². The number of carbonyl (C=O) groups is 1. The topological polar surface area (TPSA) is 90.8 Å². The van der Waals surface area contributed by atoms with Crippen molar-refractivity contribution in [3.63, 3.8) is 0 Å². The fraction of sp³-hybridized carbons (Fsp3) is 0.333. The first-order valence-corrected chi connectivity index (χ1v) is 10.2. The van der Waals surface area contributed by atoms with Crippen molar-refractivity contribution in [1.29, 1.82) is 0 Å². The third-order valence-corrected chi connectivity index (χ3v) is 5.56. The molecule has 2 aromatic rings. The highest BCUT2D eigenvalue weighted by atomic mass is 32.2. The van der Waals surface area contributed by atoms with Gasteiger partial charge in [-0.05, 0) is 30.7 Å². The van der Waals surface area contributed by atoms with E-state index in [4.69, 9.17) is 5.11 Å². The van der Waals surface area contributed by atoms with Gasteiger partial charge < -0.3 is 14.9 Å². The number of nitrogens with zero attached hydrogens (tertiary/aromatic N) is 3. The van der Waals surface area contributed by atoms with Crippen molar-refractivity contribution in [2.75, 3.05) is 42.2 Å². The van der Waals surface area contributed by atoms with Crippen molar-refractivity contribution < 1.29 is 18.3 Å². The summed E-state index contributed by atoms with van der Waals surface area (Å²) in [6, 6.07) is 10.3. The van der Waals surface area contributed by atoms with E-state index in [0.717, 1.165) is 31.0 Å². The minimum atomic E-state index is -3.30. The summed E-state index contributed by atoms with van der Waals surface area (Å²) in [7, 11) is -3.30. The van der Waals surface area contributed by atoms with Crippen molar-refractivity contribution >= 4 is 27.3 Å². The van der Waals surface area contributed by atoms with Gasteiger partial charge in [-0.2, -0.15) is 0 Å². The minimum Gasteiger partial charge on any atom is -0.478 e. The summed E-state index contributed by atoms with van der Waals surface area (Å²) in [5.41, 5.74) is 0.887. The fourth-order valence-electron chi connectivity index (χ4n) is 3.12. The Morgan fingerprint density at radius 1 is 1.04 bits per heavy atom. The van der Waals surface area contributed by atoms with Gasteiger partial charge >= 0.3 is 5.97 Å². The van der Waals surface area contributed by atoms with Gasteiger partial charge in [0.05, 0.1) is 16.1 Å². The van der Waals surface area contributed by atoms with Gasteiger partial charge in [0, 0.05) is 38.6 Å². The minimum absolute atomic E-state index is 0.160. The number of carboxylic acid groups (broad SMARTS) is 1. The van der Waals surface area contributed by atoms with Gasteiger partial charge in [0.1, 0.15) is 5.82 Å². The van der Waals surface area contributed by atoms with Gasteiger partial charge in [-0.25, -0.2) is 18.2 Å². The molecule has 1 aromatic carbocycles. The number of hydrogen-bond acceptors (Lipinski definition) is 6. The lowest BCUT2D eigenvalue weighted by Crippen LogP contribution is -2.31. The van der Waals surface area contributed by atoms with Crippen LogP contribution in [0.3, 0.4) is 0 Å².